The van der Waals surface area contributed by atoms with Crippen LogP contribution in [0.3, 0.4) is 0 Å². The third-order valence-corrected chi connectivity index (χ3v) is 9.29. The van der Waals surface area contributed by atoms with Gasteiger partial charge in [-0.1, -0.05) is 84.9 Å². The van der Waals surface area contributed by atoms with Crippen LogP contribution in [-0.2, 0) is 25.9 Å². The van der Waals surface area contributed by atoms with Crippen LogP contribution in [0, 0.1) is 0 Å². The van der Waals surface area contributed by atoms with E-state index in [1.54, 1.807) is 24.5 Å². The van der Waals surface area contributed by atoms with E-state index in [0.29, 0.717) is 22.6 Å². The van der Waals surface area contributed by atoms with Gasteiger partial charge in [0.15, 0.2) is 0 Å². The number of hydrogen-bond donors (Lipinski definition) is 2. The Hall–Kier alpha value is -5.84. The average molecular weight is 686 g/mol. The van der Waals surface area contributed by atoms with E-state index in [1.165, 1.54) is 38.4 Å². The van der Waals surface area contributed by atoms with Crippen LogP contribution in [0.2, 0.25) is 0 Å². The molecule has 10 rings (SSSR count). The van der Waals surface area contributed by atoms with Crippen molar-refractivity contribution in [2.75, 3.05) is 0 Å². The summed E-state index contributed by atoms with van der Waals surface area (Å²) in [6.45, 7) is 0. The Morgan fingerprint density at radius 2 is 1.12 bits per heavy atom. The number of aromatic hydroxyl groups is 2. The van der Waals surface area contributed by atoms with E-state index in [1.807, 2.05) is 66.7 Å². The Morgan fingerprint density at radius 1 is 0.510 bits per heavy atom. The first-order valence-corrected chi connectivity index (χ1v) is 15.9. The van der Waals surface area contributed by atoms with Gasteiger partial charge in [0.2, 0.25) is 0 Å². The molecule has 6 heteroatoms. The molecule has 0 amide bonds. The fraction of sp³-hybridized carbons (Fsp3) is 0.0233. The molecule has 230 valence electrons. The first-order chi connectivity index (χ1) is 23.7. The zero-order valence-corrected chi connectivity index (χ0v) is 29.4. The van der Waals surface area contributed by atoms with Crippen LogP contribution in [0.25, 0.3) is 77.1 Å². The SMILES string of the molecule is Oc1ccc2c(c1-c1ccccn1)Cc1ccc3ccccc3c1-2.Oc1ccc2c(oc3ccc4ccccc4c32)c1-c1ccccn1.[Zn]. The molecule has 2 N–H and O–H groups in total. The monoisotopic (exact) mass is 684 g/mol. The van der Waals surface area contributed by atoms with Crippen molar-refractivity contribution in [2.45, 2.75) is 6.42 Å². The number of aromatic nitrogens is 2. The van der Waals surface area contributed by atoms with Gasteiger partial charge in [0.05, 0.1) is 17.0 Å². The number of phenolic OH excluding ortho intramolecular Hbond substituents is 2. The molecule has 5 nitrogen and oxygen atoms in total. The van der Waals surface area contributed by atoms with Crippen LogP contribution in [0.1, 0.15) is 11.1 Å². The van der Waals surface area contributed by atoms with Crippen LogP contribution in [0.15, 0.2) is 150 Å². The topological polar surface area (TPSA) is 79.4 Å². The van der Waals surface area contributed by atoms with Gasteiger partial charge in [-0.3, -0.25) is 9.97 Å². The molecule has 0 aliphatic heterocycles. The molecule has 1 aliphatic rings. The minimum atomic E-state index is 0. The molecule has 0 saturated carbocycles. The number of phenols is 2. The van der Waals surface area contributed by atoms with Crippen molar-refractivity contribution in [1.82, 2.24) is 9.97 Å². The zero-order valence-electron chi connectivity index (χ0n) is 26.5. The number of fused-ring (bicyclic) bond motifs is 10. The van der Waals surface area contributed by atoms with Crippen LogP contribution in [0.4, 0.5) is 0 Å². The molecule has 0 radical (unpaired) electrons. The van der Waals surface area contributed by atoms with E-state index >= 15 is 0 Å². The number of pyridine rings is 2. The van der Waals surface area contributed by atoms with Crippen molar-refractivity contribution in [3.05, 3.63) is 157 Å². The van der Waals surface area contributed by atoms with E-state index in [-0.39, 0.29) is 25.2 Å². The molecule has 6 aromatic carbocycles. The Morgan fingerprint density at radius 3 is 1.86 bits per heavy atom. The fourth-order valence-corrected chi connectivity index (χ4v) is 7.18. The summed E-state index contributed by atoms with van der Waals surface area (Å²) in [5.74, 6) is 0.467. The van der Waals surface area contributed by atoms with Gasteiger partial charge in [-0.2, -0.15) is 0 Å². The van der Waals surface area contributed by atoms with Crippen molar-refractivity contribution < 1.29 is 34.1 Å². The predicted molar refractivity (Wildman–Crippen MR) is 193 cm³/mol. The third kappa shape index (κ3) is 5.04. The molecule has 0 spiro atoms. The van der Waals surface area contributed by atoms with Gasteiger partial charge in [0, 0.05) is 48.2 Å². The molecular formula is C43H28N2O3Zn. The summed E-state index contributed by atoms with van der Waals surface area (Å²) in [7, 11) is 0. The smallest absolute Gasteiger partial charge is 0.148 e. The minimum Gasteiger partial charge on any atom is -0.507 e. The molecular weight excluding hydrogens is 658 g/mol. The molecule has 1 aliphatic carbocycles. The second kappa shape index (κ2) is 12.3. The fourth-order valence-electron chi connectivity index (χ4n) is 7.18. The van der Waals surface area contributed by atoms with Crippen LogP contribution in [0.5, 0.6) is 11.5 Å². The molecule has 49 heavy (non-hydrogen) atoms. The van der Waals surface area contributed by atoms with Crippen molar-refractivity contribution in [3.63, 3.8) is 0 Å². The predicted octanol–water partition coefficient (Wildman–Crippen LogP) is 10.7. The van der Waals surface area contributed by atoms with Gasteiger partial charge < -0.3 is 14.6 Å². The second-order valence-electron chi connectivity index (χ2n) is 12.0. The second-order valence-corrected chi connectivity index (χ2v) is 12.0. The molecule has 0 saturated heterocycles. The maximum Gasteiger partial charge on any atom is 0.148 e. The molecule has 0 atom stereocenters. The largest absolute Gasteiger partial charge is 0.507 e. The maximum absolute atomic E-state index is 10.5. The standard InChI is InChI=1S/C22H15NO.C21H13NO2.Zn/c24-20-11-10-17-18(22(20)19-7-3-4-12-23-19)13-15-9-8-14-5-1-2-6-16(14)21(15)17;23-17-10-9-15-19-14-6-2-1-5-13(14)8-11-18(19)24-21(15)20(17)16-7-3-4-12-22-16;/h1-12,24H,13H2;1-12,23H;. The Balaban J connectivity index is 0.000000139. The Labute approximate surface area is 294 Å². The number of furan rings is 1. The summed E-state index contributed by atoms with van der Waals surface area (Å²) < 4.78 is 6.13. The molecule has 9 aromatic rings. The van der Waals surface area contributed by atoms with E-state index < -0.39 is 0 Å². The molecule has 0 unspecified atom stereocenters. The van der Waals surface area contributed by atoms with Gasteiger partial charge in [-0.05, 0) is 98.8 Å². The third-order valence-electron chi connectivity index (χ3n) is 9.29. The normalized spacial score (nSPS) is 11.6. The summed E-state index contributed by atoms with van der Waals surface area (Å²) in [5.41, 5.74) is 9.47. The van der Waals surface area contributed by atoms with Crippen molar-refractivity contribution in [1.29, 1.82) is 0 Å². The van der Waals surface area contributed by atoms with E-state index in [9.17, 15) is 10.2 Å². The van der Waals surface area contributed by atoms with Gasteiger partial charge in [0.1, 0.15) is 22.7 Å². The Bertz CT molecular complexity index is 2670. The number of nitrogens with zero attached hydrogens (tertiary/aromatic N) is 2. The summed E-state index contributed by atoms with van der Waals surface area (Å²) >= 11 is 0. The van der Waals surface area contributed by atoms with Gasteiger partial charge >= 0.3 is 0 Å². The first kappa shape index (κ1) is 30.5. The van der Waals surface area contributed by atoms with Gasteiger partial charge in [0.25, 0.3) is 0 Å². The number of benzene rings is 6. The van der Waals surface area contributed by atoms with E-state index in [4.69, 9.17) is 4.42 Å². The maximum atomic E-state index is 10.5. The summed E-state index contributed by atoms with van der Waals surface area (Å²) in [6, 6.07) is 44.0. The number of rotatable bonds is 2. The molecule has 3 heterocycles. The van der Waals surface area contributed by atoms with Crippen LogP contribution in [-0.4, -0.2) is 20.2 Å². The van der Waals surface area contributed by atoms with Crippen molar-refractivity contribution >= 4 is 43.5 Å². The molecule has 0 fully saturated rings. The minimum absolute atomic E-state index is 0. The van der Waals surface area contributed by atoms with Gasteiger partial charge in [-0.25, -0.2) is 0 Å². The zero-order chi connectivity index (χ0) is 32.2. The number of hydrogen-bond acceptors (Lipinski definition) is 5. The van der Waals surface area contributed by atoms with Gasteiger partial charge in [-0.15, -0.1) is 0 Å². The quantitative estimate of drug-likeness (QED) is 0.177. The molecule has 0 bridgehead atoms. The van der Waals surface area contributed by atoms with E-state index in [0.717, 1.165) is 39.4 Å². The van der Waals surface area contributed by atoms with Crippen LogP contribution < -0.4 is 0 Å². The van der Waals surface area contributed by atoms with Crippen molar-refractivity contribution in [3.8, 4) is 45.1 Å². The average Bonchev–Trinajstić information content (AvgIpc) is 3.71. The summed E-state index contributed by atoms with van der Waals surface area (Å²) in [6.07, 6.45) is 4.31. The first-order valence-electron chi connectivity index (χ1n) is 15.9. The van der Waals surface area contributed by atoms with Crippen LogP contribution >= 0.6 is 0 Å². The summed E-state index contributed by atoms with van der Waals surface area (Å²) in [4.78, 5) is 8.82. The van der Waals surface area contributed by atoms with E-state index in [2.05, 4.69) is 64.6 Å². The summed E-state index contributed by atoms with van der Waals surface area (Å²) in [5, 5.41) is 27.8. The van der Waals surface area contributed by atoms with Crippen molar-refractivity contribution in [2.24, 2.45) is 0 Å². The molecule has 3 aromatic heterocycles. The Kier molecular flexibility index (Phi) is 7.66.